The number of halogens is 1. The van der Waals surface area contributed by atoms with Gasteiger partial charge in [0.2, 0.25) is 0 Å². The molecule has 27 heavy (non-hydrogen) atoms. The molecule has 1 fully saturated rings. The van der Waals surface area contributed by atoms with Crippen molar-refractivity contribution in [3.8, 4) is 0 Å². The maximum atomic E-state index is 14.6. The number of hydrogen-bond acceptors (Lipinski definition) is 5. The van der Waals surface area contributed by atoms with E-state index >= 15 is 0 Å². The van der Waals surface area contributed by atoms with Crippen LogP contribution in [0.15, 0.2) is 30.6 Å². The van der Waals surface area contributed by atoms with Crippen molar-refractivity contribution in [1.29, 1.82) is 0 Å². The predicted molar refractivity (Wildman–Crippen MR) is 101 cm³/mol. The van der Waals surface area contributed by atoms with Crippen LogP contribution in [-0.4, -0.2) is 52.8 Å². The predicted octanol–water partition coefficient (Wildman–Crippen LogP) is 2.27. The van der Waals surface area contributed by atoms with Crippen molar-refractivity contribution >= 4 is 23.1 Å². The van der Waals surface area contributed by atoms with Crippen LogP contribution in [0, 0.1) is 5.82 Å². The number of carbonyl (C=O) groups excluding carboxylic acids is 1. The Hall–Kier alpha value is -2.65. The zero-order valence-electron chi connectivity index (χ0n) is 15.4. The topological polar surface area (TPSA) is 91.7 Å². The Bertz CT molecular complexity index is 787. The van der Waals surface area contributed by atoms with Crippen molar-refractivity contribution in [2.75, 3.05) is 35.2 Å². The summed E-state index contributed by atoms with van der Waals surface area (Å²) in [7, 11) is 0. The third kappa shape index (κ3) is 4.95. The van der Waals surface area contributed by atoms with Gasteiger partial charge in [-0.25, -0.2) is 9.18 Å². The van der Waals surface area contributed by atoms with Gasteiger partial charge >= 0.3 is 6.03 Å². The highest BCUT2D eigenvalue weighted by atomic mass is 19.1. The number of nitrogens with one attached hydrogen (secondary N) is 2. The Morgan fingerprint density at radius 1 is 1.30 bits per heavy atom. The zero-order valence-corrected chi connectivity index (χ0v) is 15.4. The van der Waals surface area contributed by atoms with E-state index in [9.17, 15) is 9.18 Å². The minimum absolute atomic E-state index is 0.0310. The summed E-state index contributed by atoms with van der Waals surface area (Å²) >= 11 is 0. The number of aliphatic hydroxyl groups excluding tert-OH is 1. The largest absolute Gasteiger partial charge is 0.394 e. The van der Waals surface area contributed by atoms with Crippen LogP contribution in [0.5, 0.6) is 0 Å². The van der Waals surface area contributed by atoms with Gasteiger partial charge in [-0.2, -0.15) is 5.10 Å². The van der Waals surface area contributed by atoms with Gasteiger partial charge in [0.1, 0.15) is 5.82 Å². The number of nitrogens with zero attached hydrogens (tertiary/aromatic N) is 3. The molecule has 0 radical (unpaired) electrons. The number of ether oxygens (including phenoxy) is 1. The van der Waals surface area contributed by atoms with E-state index in [2.05, 4.69) is 15.7 Å². The van der Waals surface area contributed by atoms with Crippen molar-refractivity contribution < 1.29 is 19.0 Å². The number of amides is 2. The fourth-order valence-corrected chi connectivity index (χ4v) is 3.16. The maximum absolute atomic E-state index is 14.6. The Balaban J connectivity index is 1.62. The van der Waals surface area contributed by atoms with Gasteiger partial charge < -0.3 is 25.4 Å². The molecule has 3 N–H and O–H groups in total. The average Bonchev–Trinajstić information content (AvgIpc) is 3.01. The van der Waals surface area contributed by atoms with Crippen molar-refractivity contribution in [2.24, 2.45) is 0 Å². The summed E-state index contributed by atoms with van der Waals surface area (Å²) < 4.78 is 21.7. The molecule has 8 nitrogen and oxygen atoms in total. The number of aromatic nitrogens is 2. The molecule has 146 valence electrons. The highest BCUT2D eigenvalue weighted by Crippen LogP contribution is 2.26. The van der Waals surface area contributed by atoms with Crippen molar-refractivity contribution in [1.82, 2.24) is 9.78 Å². The summed E-state index contributed by atoms with van der Waals surface area (Å²) in [4.78, 5) is 14.0. The third-order valence-corrected chi connectivity index (χ3v) is 4.19. The van der Waals surface area contributed by atoms with Crippen LogP contribution < -0.4 is 15.5 Å². The number of anilines is 3. The van der Waals surface area contributed by atoms with E-state index in [4.69, 9.17) is 9.84 Å². The van der Waals surface area contributed by atoms with Crippen LogP contribution in [0.4, 0.5) is 26.2 Å². The average molecular weight is 377 g/mol. The standard InChI is InChI=1S/C18H24FN5O3/c1-12-9-23(10-13(2)27-12)17-4-3-14(7-16(17)19)21-18(26)22-15-8-20-24(11-15)5-6-25/h3-4,7-8,11-13,25H,5-6,9-10H2,1-2H3,(H2,21,22,26). The molecule has 0 aliphatic carbocycles. The summed E-state index contributed by atoms with van der Waals surface area (Å²) in [5.74, 6) is -0.398. The molecule has 0 saturated carbocycles. The lowest BCUT2D eigenvalue weighted by atomic mass is 10.2. The van der Waals surface area contributed by atoms with Crippen LogP contribution in [-0.2, 0) is 11.3 Å². The number of urea groups is 1. The van der Waals surface area contributed by atoms with Gasteiger partial charge in [0.25, 0.3) is 0 Å². The molecule has 1 aliphatic rings. The first-order valence-corrected chi connectivity index (χ1v) is 8.86. The van der Waals surface area contributed by atoms with E-state index in [0.717, 1.165) is 0 Å². The fourth-order valence-electron chi connectivity index (χ4n) is 3.16. The Morgan fingerprint density at radius 2 is 2.00 bits per heavy atom. The highest BCUT2D eigenvalue weighted by molar-refractivity contribution is 5.99. The Labute approximate surface area is 156 Å². The van der Waals surface area contributed by atoms with Gasteiger partial charge in [0.15, 0.2) is 0 Å². The molecule has 1 aliphatic heterocycles. The molecule has 1 aromatic carbocycles. The lowest BCUT2D eigenvalue weighted by Gasteiger charge is -2.37. The minimum Gasteiger partial charge on any atom is -0.394 e. The lowest BCUT2D eigenvalue weighted by Crippen LogP contribution is -2.45. The second-order valence-electron chi connectivity index (χ2n) is 6.62. The number of aliphatic hydroxyl groups is 1. The number of benzene rings is 1. The van der Waals surface area contributed by atoms with Crippen LogP contribution in [0.2, 0.25) is 0 Å². The van der Waals surface area contributed by atoms with E-state index < -0.39 is 11.8 Å². The second-order valence-corrected chi connectivity index (χ2v) is 6.62. The number of morpholine rings is 1. The molecular weight excluding hydrogens is 353 g/mol. The van der Waals surface area contributed by atoms with Gasteiger partial charge in [-0.15, -0.1) is 0 Å². The monoisotopic (exact) mass is 377 g/mol. The molecule has 2 unspecified atom stereocenters. The number of carbonyl (C=O) groups is 1. The quantitative estimate of drug-likeness (QED) is 0.744. The summed E-state index contributed by atoms with van der Waals surface area (Å²) in [5, 5.41) is 18.1. The molecule has 2 amide bonds. The lowest BCUT2D eigenvalue weighted by molar-refractivity contribution is -0.00539. The van der Waals surface area contributed by atoms with Crippen molar-refractivity contribution in [3.05, 3.63) is 36.4 Å². The normalized spacial score (nSPS) is 19.8. The van der Waals surface area contributed by atoms with Gasteiger partial charge in [-0.1, -0.05) is 0 Å². The maximum Gasteiger partial charge on any atom is 0.323 e. The SMILES string of the molecule is CC1CN(c2ccc(NC(=O)Nc3cnn(CCO)c3)cc2F)CC(C)O1. The van der Waals surface area contributed by atoms with E-state index in [1.807, 2.05) is 18.7 Å². The van der Waals surface area contributed by atoms with Crippen LogP contribution in [0.3, 0.4) is 0 Å². The third-order valence-electron chi connectivity index (χ3n) is 4.19. The molecule has 1 aromatic heterocycles. The first kappa shape index (κ1) is 19.1. The van der Waals surface area contributed by atoms with E-state index in [-0.39, 0.29) is 18.8 Å². The molecule has 3 rings (SSSR count). The fraction of sp³-hybridized carbons (Fsp3) is 0.444. The Kier molecular flexibility index (Phi) is 5.92. The van der Waals surface area contributed by atoms with E-state index in [1.54, 1.807) is 18.3 Å². The smallest absolute Gasteiger partial charge is 0.323 e. The molecular formula is C18H24FN5O3. The van der Waals surface area contributed by atoms with Gasteiger partial charge in [0.05, 0.1) is 42.9 Å². The van der Waals surface area contributed by atoms with Gasteiger partial charge in [-0.3, -0.25) is 4.68 Å². The molecule has 9 heteroatoms. The summed E-state index contributed by atoms with van der Waals surface area (Å²) in [6, 6.07) is 4.13. The van der Waals surface area contributed by atoms with Crippen LogP contribution in [0.1, 0.15) is 13.8 Å². The summed E-state index contributed by atoms with van der Waals surface area (Å²) in [6.45, 7) is 5.46. The molecule has 0 spiro atoms. The number of hydrogen-bond donors (Lipinski definition) is 3. The molecule has 1 saturated heterocycles. The highest BCUT2D eigenvalue weighted by Gasteiger charge is 2.24. The first-order valence-electron chi connectivity index (χ1n) is 8.86. The minimum atomic E-state index is -0.501. The zero-order chi connectivity index (χ0) is 19.4. The second kappa shape index (κ2) is 8.36. The summed E-state index contributed by atoms with van der Waals surface area (Å²) in [5.41, 5.74) is 1.33. The van der Waals surface area contributed by atoms with Crippen LogP contribution >= 0.6 is 0 Å². The van der Waals surface area contributed by atoms with E-state index in [1.165, 1.54) is 16.9 Å². The van der Waals surface area contributed by atoms with Gasteiger partial charge in [0, 0.05) is 25.0 Å². The van der Waals surface area contributed by atoms with Gasteiger partial charge in [-0.05, 0) is 32.0 Å². The molecule has 2 heterocycles. The Morgan fingerprint density at radius 3 is 2.67 bits per heavy atom. The van der Waals surface area contributed by atoms with Crippen molar-refractivity contribution in [2.45, 2.75) is 32.6 Å². The molecule has 2 atom stereocenters. The summed E-state index contributed by atoms with van der Waals surface area (Å²) in [6.07, 6.45) is 3.13. The van der Waals surface area contributed by atoms with E-state index in [0.29, 0.717) is 36.7 Å². The molecule has 2 aromatic rings. The first-order chi connectivity index (χ1) is 12.9. The van der Waals surface area contributed by atoms with Crippen LogP contribution in [0.25, 0.3) is 0 Å². The van der Waals surface area contributed by atoms with Crippen molar-refractivity contribution in [3.63, 3.8) is 0 Å². The molecule has 0 bridgehead atoms. The number of rotatable bonds is 5.